The molecule has 0 unspecified atom stereocenters. The largest absolute Gasteiger partial charge is 0.329 e. The highest BCUT2D eigenvalue weighted by atomic mass is 79.9. The molecule has 2 amide bonds. The summed E-state index contributed by atoms with van der Waals surface area (Å²) in [6, 6.07) is 20.5. The number of carbonyl (C=O) groups is 2. The number of hydrogen-bond acceptors (Lipinski definition) is 3. The summed E-state index contributed by atoms with van der Waals surface area (Å²) >= 11 is 3.34. The Labute approximate surface area is 152 Å². The third kappa shape index (κ3) is 4.30. The van der Waals surface area contributed by atoms with Crippen molar-refractivity contribution in [1.29, 1.82) is 0 Å². The number of hydrazone groups is 1. The minimum absolute atomic E-state index is 0.579. The molecule has 0 aliphatic rings. The van der Waals surface area contributed by atoms with Crippen LogP contribution in [0.1, 0.15) is 5.56 Å². The number of benzene rings is 3. The van der Waals surface area contributed by atoms with E-state index in [9.17, 15) is 9.59 Å². The molecule has 3 aromatic rings. The molecule has 0 heterocycles. The molecule has 0 aromatic heterocycles. The van der Waals surface area contributed by atoms with Crippen LogP contribution in [0, 0.1) is 0 Å². The maximum atomic E-state index is 12.0. The lowest BCUT2D eigenvalue weighted by Crippen LogP contribution is -2.32. The summed E-state index contributed by atoms with van der Waals surface area (Å²) < 4.78 is 0.947. The van der Waals surface area contributed by atoms with Gasteiger partial charge in [0.1, 0.15) is 0 Å². The van der Waals surface area contributed by atoms with E-state index in [1.54, 1.807) is 6.07 Å². The summed E-state index contributed by atoms with van der Waals surface area (Å²) in [7, 11) is 0. The van der Waals surface area contributed by atoms with Crippen LogP contribution >= 0.6 is 15.9 Å². The second kappa shape index (κ2) is 7.72. The summed E-state index contributed by atoms with van der Waals surface area (Å²) in [5.41, 5.74) is 3.60. The van der Waals surface area contributed by atoms with Crippen LogP contribution in [-0.4, -0.2) is 18.0 Å². The van der Waals surface area contributed by atoms with E-state index in [-0.39, 0.29) is 0 Å². The van der Waals surface area contributed by atoms with Crippen LogP contribution in [0.5, 0.6) is 0 Å². The molecule has 3 aromatic carbocycles. The zero-order chi connectivity index (χ0) is 17.6. The molecule has 0 aliphatic heterocycles. The standard InChI is InChI=1S/C19H14BrN3O2/c20-15-10-8-13(9-11-15)12-21-23-19(25)18(24)22-17-7-3-5-14-4-1-2-6-16(14)17/h1-12H,(H,22,24)(H,23,25)/b21-12-. The molecule has 3 rings (SSSR count). The molecule has 0 fully saturated rings. The average molecular weight is 396 g/mol. The molecule has 0 spiro atoms. The van der Waals surface area contributed by atoms with E-state index in [0.717, 1.165) is 20.8 Å². The van der Waals surface area contributed by atoms with E-state index in [1.165, 1.54) is 6.21 Å². The molecule has 0 saturated heterocycles. The highest BCUT2D eigenvalue weighted by molar-refractivity contribution is 9.10. The first kappa shape index (κ1) is 16.9. The number of halogens is 1. The Bertz CT molecular complexity index is 947. The number of fused-ring (bicyclic) bond motifs is 1. The lowest BCUT2D eigenvalue weighted by atomic mass is 10.1. The molecule has 0 atom stereocenters. The Kier molecular flexibility index (Phi) is 5.20. The van der Waals surface area contributed by atoms with Crippen molar-refractivity contribution in [3.63, 3.8) is 0 Å². The van der Waals surface area contributed by atoms with Gasteiger partial charge in [0.25, 0.3) is 0 Å². The fourth-order valence-electron chi connectivity index (χ4n) is 2.28. The summed E-state index contributed by atoms with van der Waals surface area (Å²) in [5.74, 6) is -1.61. The van der Waals surface area contributed by atoms with Crippen molar-refractivity contribution in [3.05, 3.63) is 76.8 Å². The van der Waals surface area contributed by atoms with Gasteiger partial charge in [-0.2, -0.15) is 5.10 Å². The number of hydrogen-bond donors (Lipinski definition) is 2. The van der Waals surface area contributed by atoms with Gasteiger partial charge in [-0.15, -0.1) is 0 Å². The van der Waals surface area contributed by atoms with Gasteiger partial charge in [-0.1, -0.05) is 64.5 Å². The number of anilines is 1. The molecular weight excluding hydrogens is 382 g/mol. The second-order valence-electron chi connectivity index (χ2n) is 5.23. The maximum absolute atomic E-state index is 12.0. The normalized spacial score (nSPS) is 10.8. The Morgan fingerprint density at radius 3 is 2.40 bits per heavy atom. The fraction of sp³-hybridized carbons (Fsp3) is 0. The predicted molar refractivity (Wildman–Crippen MR) is 102 cm³/mol. The van der Waals surface area contributed by atoms with E-state index in [0.29, 0.717) is 5.69 Å². The Morgan fingerprint density at radius 1 is 0.880 bits per heavy atom. The van der Waals surface area contributed by atoms with Gasteiger partial charge >= 0.3 is 11.8 Å². The van der Waals surface area contributed by atoms with Gasteiger partial charge in [0.15, 0.2) is 0 Å². The summed E-state index contributed by atoms with van der Waals surface area (Å²) in [5, 5.41) is 8.25. The molecule has 6 heteroatoms. The summed E-state index contributed by atoms with van der Waals surface area (Å²) in [6.45, 7) is 0. The third-order valence-corrected chi connectivity index (χ3v) is 4.02. The minimum atomic E-state index is -0.832. The van der Waals surface area contributed by atoms with Crippen LogP contribution in [0.2, 0.25) is 0 Å². The van der Waals surface area contributed by atoms with Crippen LogP contribution in [-0.2, 0) is 9.59 Å². The molecule has 2 N–H and O–H groups in total. The molecular formula is C19H14BrN3O2. The van der Waals surface area contributed by atoms with Gasteiger partial charge in [0.05, 0.1) is 6.21 Å². The van der Waals surface area contributed by atoms with E-state index < -0.39 is 11.8 Å². The average Bonchev–Trinajstić information content (AvgIpc) is 2.63. The summed E-state index contributed by atoms with van der Waals surface area (Å²) in [4.78, 5) is 23.9. The molecule has 0 radical (unpaired) electrons. The van der Waals surface area contributed by atoms with E-state index >= 15 is 0 Å². The zero-order valence-electron chi connectivity index (χ0n) is 13.1. The van der Waals surface area contributed by atoms with E-state index in [4.69, 9.17) is 0 Å². The maximum Gasteiger partial charge on any atom is 0.329 e. The van der Waals surface area contributed by atoms with Crippen molar-refractivity contribution in [2.75, 3.05) is 5.32 Å². The number of amides is 2. The topological polar surface area (TPSA) is 70.6 Å². The van der Waals surface area contributed by atoms with Gasteiger partial charge in [-0.25, -0.2) is 5.43 Å². The van der Waals surface area contributed by atoms with E-state index in [2.05, 4.69) is 31.8 Å². The first-order valence-corrected chi connectivity index (χ1v) is 8.30. The smallest absolute Gasteiger partial charge is 0.317 e. The van der Waals surface area contributed by atoms with Gasteiger partial charge in [-0.3, -0.25) is 9.59 Å². The van der Waals surface area contributed by atoms with Crippen molar-refractivity contribution in [2.45, 2.75) is 0 Å². The summed E-state index contributed by atoms with van der Waals surface area (Å²) in [6.07, 6.45) is 1.47. The lowest BCUT2D eigenvalue weighted by molar-refractivity contribution is -0.136. The monoisotopic (exact) mass is 395 g/mol. The molecule has 124 valence electrons. The van der Waals surface area contributed by atoms with Crippen molar-refractivity contribution < 1.29 is 9.59 Å². The number of nitrogens with zero attached hydrogens (tertiary/aromatic N) is 1. The van der Waals surface area contributed by atoms with Crippen LogP contribution in [0.3, 0.4) is 0 Å². The fourth-order valence-corrected chi connectivity index (χ4v) is 2.54. The van der Waals surface area contributed by atoms with E-state index in [1.807, 2.05) is 60.7 Å². The highest BCUT2D eigenvalue weighted by Gasteiger charge is 2.14. The minimum Gasteiger partial charge on any atom is -0.317 e. The Balaban J connectivity index is 1.64. The van der Waals surface area contributed by atoms with Crippen LogP contribution in [0.25, 0.3) is 10.8 Å². The van der Waals surface area contributed by atoms with Crippen LogP contribution in [0.15, 0.2) is 76.3 Å². The highest BCUT2D eigenvalue weighted by Crippen LogP contribution is 2.22. The number of rotatable bonds is 3. The van der Waals surface area contributed by atoms with Gasteiger partial charge in [0, 0.05) is 15.5 Å². The lowest BCUT2D eigenvalue weighted by Gasteiger charge is -2.07. The number of nitrogens with one attached hydrogen (secondary N) is 2. The van der Waals surface area contributed by atoms with Gasteiger partial charge in [0.2, 0.25) is 0 Å². The molecule has 0 bridgehead atoms. The van der Waals surface area contributed by atoms with Gasteiger partial charge < -0.3 is 5.32 Å². The molecule has 0 aliphatic carbocycles. The molecule has 5 nitrogen and oxygen atoms in total. The second-order valence-corrected chi connectivity index (χ2v) is 6.15. The molecule has 25 heavy (non-hydrogen) atoms. The SMILES string of the molecule is O=C(N/N=C\c1ccc(Br)cc1)C(=O)Nc1cccc2ccccc12. The van der Waals surface area contributed by atoms with Crippen molar-refractivity contribution in [3.8, 4) is 0 Å². The Morgan fingerprint density at radius 2 is 1.60 bits per heavy atom. The van der Waals surface area contributed by atoms with Crippen molar-refractivity contribution in [1.82, 2.24) is 5.43 Å². The quantitative estimate of drug-likeness (QED) is 0.403. The van der Waals surface area contributed by atoms with Crippen LogP contribution in [0.4, 0.5) is 5.69 Å². The van der Waals surface area contributed by atoms with Crippen LogP contribution < -0.4 is 10.7 Å². The third-order valence-electron chi connectivity index (χ3n) is 3.49. The first-order valence-electron chi connectivity index (χ1n) is 7.51. The van der Waals surface area contributed by atoms with Crippen molar-refractivity contribution in [2.24, 2.45) is 5.10 Å². The first-order chi connectivity index (χ1) is 12.1. The Hall–Kier alpha value is -2.99. The van der Waals surface area contributed by atoms with Gasteiger partial charge in [-0.05, 0) is 29.1 Å². The number of carbonyl (C=O) groups excluding carboxylic acids is 2. The van der Waals surface area contributed by atoms with Crippen molar-refractivity contribution >= 4 is 50.4 Å². The zero-order valence-corrected chi connectivity index (χ0v) is 14.7. The molecule has 0 saturated carbocycles. The predicted octanol–water partition coefficient (Wildman–Crippen LogP) is 3.69.